The van der Waals surface area contributed by atoms with E-state index in [0.717, 1.165) is 24.2 Å². The van der Waals surface area contributed by atoms with Crippen LogP contribution in [-0.4, -0.2) is 16.5 Å². The zero-order valence-corrected chi connectivity index (χ0v) is 10.4. The molecule has 1 aromatic heterocycles. The van der Waals surface area contributed by atoms with Gasteiger partial charge in [0.25, 0.3) is 0 Å². The van der Waals surface area contributed by atoms with E-state index in [0.29, 0.717) is 5.28 Å². The van der Waals surface area contributed by atoms with Gasteiger partial charge in [-0.3, -0.25) is 0 Å². The number of hydrogen-bond donors (Lipinski definition) is 1. The summed E-state index contributed by atoms with van der Waals surface area (Å²) in [7, 11) is 0. The number of aromatic nitrogens is 2. The van der Waals surface area contributed by atoms with Gasteiger partial charge < -0.3 is 5.32 Å². The molecule has 4 heteroatoms. The van der Waals surface area contributed by atoms with Gasteiger partial charge in [-0.25, -0.2) is 9.97 Å². The summed E-state index contributed by atoms with van der Waals surface area (Å²) in [6.45, 7) is 3.34. The Hall–Kier alpha value is -0.830. The highest BCUT2D eigenvalue weighted by molar-refractivity contribution is 6.28. The van der Waals surface area contributed by atoms with Crippen molar-refractivity contribution in [2.45, 2.75) is 32.6 Å². The van der Waals surface area contributed by atoms with Crippen LogP contribution in [0.15, 0.2) is 12.3 Å². The molecule has 88 valence electrons. The minimum Gasteiger partial charge on any atom is -0.370 e. The predicted octanol–water partition coefficient (Wildman–Crippen LogP) is 3.37. The zero-order valence-electron chi connectivity index (χ0n) is 9.62. The molecule has 0 aliphatic heterocycles. The van der Waals surface area contributed by atoms with Crippen LogP contribution in [0.2, 0.25) is 5.28 Å². The van der Waals surface area contributed by atoms with Gasteiger partial charge in [0.05, 0.1) is 0 Å². The second-order valence-electron chi connectivity index (χ2n) is 4.72. The third-order valence-electron chi connectivity index (χ3n) is 3.33. The van der Waals surface area contributed by atoms with Crippen molar-refractivity contribution in [3.63, 3.8) is 0 Å². The van der Waals surface area contributed by atoms with Crippen LogP contribution >= 0.6 is 11.6 Å². The van der Waals surface area contributed by atoms with E-state index in [1.54, 1.807) is 6.20 Å². The van der Waals surface area contributed by atoms with E-state index in [1.165, 1.54) is 25.7 Å². The fourth-order valence-electron chi connectivity index (χ4n) is 2.22. The zero-order chi connectivity index (χ0) is 11.4. The Labute approximate surface area is 102 Å². The molecule has 0 spiro atoms. The average Bonchev–Trinajstić information content (AvgIpc) is 2.28. The summed E-state index contributed by atoms with van der Waals surface area (Å²) in [6.07, 6.45) is 7.05. The van der Waals surface area contributed by atoms with E-state index >= 15 is 0 Å². The molecule has 0 unspecified atom stereocenters. The maximum Gasteiger partial charge on any atom is 0.224 e. The maximum absolute atomic E-state index is 5.72. The van der Waals surface area contributed by atoms with Gasteiger partial charge in [-0.15, -0.1) is 0 Å². The van der Waals surface area contributed by atoms with Gasteiger partial charge in [-0.2, -0.15) is 0 Å². The molecule has 0 saturated heterocycles. The van der Waals surface area contributed by atoms with E-state index in [4.69, 9.17) is 11.6 Å². The second kappa shape index (κ2) is 5.48. The van der Waals surface area contributed by atoms with Crippen molar-refractivity contribution in [3.8, 4) is 0 Å². The van der Waals surface area contributed by atoms with Crippen molar-refractivity contribution < 1.29 is 0 Å². The average molecular weight is 240 g/mol. The number of halogens is 1. The lowest BCUT2D eigenvalue weighted by molar-refractivity contribution is 0.300. The molecule has 1 heterocycles. The first-order valence-corrected chi connectivity index (χ1v) is 6.34. The van der Waals surface area contributed by atoms with Crippen molar-refractivity contribution in [1.29, 1.82) is 0 Å². The van der Waals surface area contributed by atoms with E-state index < -0.39 is 0 Å². The second-order valence-corrected chi connectivity index (χ2v) is 5.06. The molecule has 0 aromatic carbocycles. The quantitative estimate of drug-likeness (QED) is 0.822. The minimum absolute atomic E-state index is 0.308. The molecule has 1 aliphatic carbocycles. The molecule has 0 atom stereocenters. The van der Waals surface area contributed by atoms with Gasteiger partial charge in [0.1, 0.15) is 5.82 Å². The van der Waals surface area contributed by atoms with Crippen LogP contribution in [0.4, 0.5) is 5.82 Å². The standard InChI is InChI=1S/C12H18ClN3/c1-9-2-4-10(5-3-9)8-15-11-6-7-14-12(13)16-11/h6-7,9-10H,2-5,8H2,1H3,(H,14,15,16). The van der Waals surface area contributed by atoms with Crippen LogP contribution in [0, 0.1) is 11.8 Å². The fourth-order valence-corrected chi connectivity index (χ4v) is 2.36. The van der Waals surface area contributed by atoms with E-state index in [1.807, 2.05) is 6.07 Å². The highest BCUT2D eigenvalue weighted by Gasteiger charge is 2.17. The Morgan fingerprint density at radius 3 is 2.81 bits per heavy atom. The highest BCUT2D eigenvalue weighted by Crippen LogP contribution is 2.28. The Bertz CT molecular complexity index is 335. The number of rotatable bonds is 3. The van der Waals surface area contributed by atoms with E-state index in [-0.39, 0.29) is 0 Å². The Kier molecular flexibility index (Phi) is 3.99. The first-order chi connectivity index (χ1) is 7.74. The molecule has 1 fully saturated rings. The van der Waals surface area contributed by atoms with E-state index in [9.17, 15) is 0 Å². The third kappa shape index (κ3) is 3.34. The molecule has 1 saturated carbocycles. The Morgan fingerprint density at radius 1 is 1.38 bits per heavy atom. The largest absolute Gasteiger partial charge is 0.370 e. The smallest absolute Gasteiger partial charge is 0.224 e. The molecule has 0 bridgehead atoms. The Morgan fingerprint density at radius 2 is 2.12 bits per heavy atom. The van der Waals surface area contributed by atoms with Crippen LogP contribution in [0.1, 0.15) is 32.6 Å². The van der Waals surface area contributed by atoms with Crippen molar-refractivity contribution in [3.05, 3.63) is 17.5 Å². The number of nitrogens with zero attached hydrogens (tertiary/aromatic N) is 2. The number of anilines is 1. The van der Waals surface area contributed by atoms with Crippen LogP contribution in [-0.2, 0) is 0 Å². The van der Waals surface area contributed by atoms with Gasteiger partial charge in [0, 0.05) is 12.7 Å². The monoisotopic (exact) mass is 239 g/mol. The van der Waals surface area contributed by atoms with E-state index in [2.05, 4.69) is 22.2 Å². The molecule has 1 N–H and O–H groups in total. The maximum atomic E-state index is 5.72. The molecule has 1 aromatic rings. The first kappa shape index (κ1) is 11.6. The van der Waals surface area contributed by atoms with Gasteiger partial charge in [0.15, 0.2) is 0 Å². The number of hydrogen-bond acceptors (Lipinski definition) is 3. The lowest BCUT2D eigenvalue weighted by Gasteiger charge is -2.26. The summed E-state index contributed by atoms with van der Waals surface area (Å²) in [5.74, 6) is 2.52. The molecule has 0 radical (unpaired) electrons. The van der Waals surface area contributed by atoms with Crippen LogP contribution in [0.25, 0.3) is 0 Å². The van der Waals surface area contributed by atoms with Crippen LogP contribution in [0.5, 0.6) is 0 Å². The predicted molar refractivity (Wildman–Crippen MR) is 66.7 cm³/mol. The summed E-state index contributed by atoms with van der Waals surface area (Å²) in [5.41, 5.74) is 0. The van der Waals surface area contributed by atoms with Crippen molar-refractivity contribution in [2.75, 3.05) is 11.9 Å². The molecular formula is C12H18ClN3. The third-order valence-corrected chi connectivity index (χ3v) is 3.52. The topological polar surface area (TPSA) is 37.8 Å². The van der Waals surface area contributed by atoms with Gasteiger partial charge in [-0.05, 0) is 42.3 Å². The molecule has 2 rings (SSSR count). The van der Waals surface area contributed by atoms with Crippen molar-refractivity contribution in [1.82, 2.24) is 9.97 Å². The first-order valence-electron chi connectivity index (χ1n) is 5.96. The van der Waals surface area contributed by atoms with Gasteiger partial charge in [0.2, 0.25) is 5.28 Å². The van der Waals surface area contributed by atoms with Crippen LogP contribution < -0.4 is 5.32 Å². The molecule has 1 aliphatic rings. The lowest BCUT2D eigenvalue weighted by atomic mass is 9.83. The normalized spacial score (nSPS) is 25.4. The van der Waals surface area contributed by atoms with Crippen LogP contribution in [0.3, 0.4) is 0 Å². The Balaban J connectivity index is 1.79. The number of nitrogens with one attached hydrogen (secondary N) is 1. The summed E-state index contributed by atoms with van der Waals surface area (Å²) >= 11 is 5.72. The van der Waals surface area contributed by atoms with Crippen molar-refractivity contribution in [2.24, 2.45) is 11.8 Å². The summed E-state index contributed by atoms with van der Waals surface area (Å²) < 4.78 is 0. The van der Waals surface area contributed by atoms with Gasteiger partial charge in [-0.1, -0.05) is 19.8 Å². The van der Waals surface area contributed by atoms with Crippen molar-refractivity contribution >= 4 is 17.4 Å². The SMILES string of the molecule is CC1CCC(CNc2ccnc(Cl)n2)CC1. The fraction of sp³-hybridized carbons (Fsp3) is 0.667. The molecular weight excluding hydrogens is 222 g/mol. The highest BCUT2D eigenvalue weighted by atomic mass is 35.5. The molecule has 0 amide bonds. The molecule has 16 heavy (non-hydrogen) atoms. The molecule has 3 nitrogen and oxygen atoms in total. The lowest BCUT2D eigenvalue weighted by Crippen LogP contribution is -2.20. The summed E-state index contributed by atoms with van der Waals surface area (Å²) in [5, 5.41) is 3.64. The summed E-state index contributed by atoms with van der Waals surface area (Å²) in [6, 6.07) is 1.86. The minimum atomic E-state index is 0.308. The summed E-state index contributed by atoms with van der Waals surface area (Å²) in [4.78, 5) is 7.97. The van der Waals surface area contributed by atoms with Gasteiger partial charge >= 0.3 is 0 Å².